The molecule has 3 nitrogen and oxygen atoms in total. The fourth-order valence-corrected chi connectivity index (χ4v) is 2.66. The zero-order valence-corrected chi connectivity index (χ0v) is 9.00. The van der Waals surface area contributed by atoms with E-state index in [9.17, 15) is 8.42 Å². The van der Waals surface area contributed by atoms with E-state index >= 15 is 0 Å². The molecule has 0 spiro atoms. The van der Waals surface area contributed by atoms with Crippen LogP contribution in [0.25, 0.3) is 0 Å². The van der Waals surface area contributed by atoms with Crippen LogP contribution in [0.2, 0.25) is 0 Å². The van der Waals surface area contributed by atoms with E-state index in [1.165, 1.54) is 6.26 Å². The Labute approximate surface area is 84.9 Å². The molecule has 0 saturated heterocycles. The van der Waals surface area contributed by atoms with Crippen LogP contribution >= 0.6 is 0 Å². The normalized spacial score (nSPS) is 13.9. The lowest BCUT2D eigenvalue weighted by atomic mass is 10.1. The minimum absolute atomic E-state index is 0.382. The van der Waals surface area contributed by atoms with E-state index in [1.807, 2.05) is 30.3 Å². The Morgan fingerprint density at radius 1 is 1.29 bits per heavy atom. The van der Waals surface area contributed by atoms with Crippen molar-refractivity contribution in [2.45, 2.75) is 11.7 Å². The molecule has 0 aliphatic carbocycles. The van der Waals surface area contributed by atoms with Gasteiger partial charge in [-0.25, -0.2) is 8.42 Å². The van der Waals surface area contributed by atoms with Crippen LogP contribution in [-0.2, 0) is 9.84 Å². The summed E-state index contributed by atoms with van der Waals surface area (Å²) in [6, 6.07) is 9.18. The molecule has 14 heavy (non-hydrogen) atoms. The molecule has 0 radical (unpaired) electrons. The summed E-state index contributed by atoms with van der Waals surface area (Å²) in [5, 5.41) is -0.464. The van der Waals surface area contributed by atoms with Crippen LogP contribution in [0.5, 0.6) is 0 Å². The largest absolute Gasteiger partial charge is 0.330 e. The topological polar surface area (TPSA) is 60.2 Å². The van der Waals surface area contributed by atoms with E-state index in [2.05, 4.69) is 0 Å². The number of nitrogens with two attached hydrogens (primary N) is 1. The van der Waals surface area contributed by atoms with Crippen molar-refractivity contribution in [2.75, 3.05) is 12.8 Å². The lowest BCUT2D eigenvalue weighted by Crippen LogP contribution is -2.15. The fraction of sp³-hybridized carbons (Fsp3) is 0.400. The van der Waals surface area contributed by atoms with Crippen molar-refractivity contribution in [3.05, 3.63) is 35.9 Å². The first-order chi connectivity index (χ1) is 6.55. The van der Waals surface area contributed by atoms with E-state index in [0.29, 0.717) is 13.0 Å². The Hall–Kier alpha value is -0.870. The van der Waals surface area contributed by atoms with Crippen molar-refractivity contribution in [1.29, 1.82) is 0 Å². The number of rotatable bonds is 4. The summed E-state index contributed by atoms with van der Waals surface area (Å²) >= 11 is 0. The molecular formula is C10H15NO2S. The molecule has 0 aliphatic heterocycles. The van der Waals surface area contributed by atoms with Gasteiger partial charge in [0.1, 0.15) is 0 Å². The maximum atomic E-state index is 11.5. The quantitative estimate of drug-likeness (QED) is 0.815. The summed E-state index contributed by atoms with van der Waals surface area (Å²) in [6.07, 6.45) is 1.73. The molecule has 1 unspecified atom stereocenters. The van der Waals surface area contributed by atoms with Crippen molar-refractivity contribution in [2.24, 2.45) is 5.73 Å². The molecule has 1 rings (SSSR count). The summed E-state index contributed by atoms with van der Waals surface area (Å²) < 4.78 is 22.9. The summed E-state index contributed by atoms with van der Waals surface area (Å²) in [7, 11) is -3.06. The van der Waals surface area contributed by atoms with E-state index in [1.54, 1.807) is 0 Å². The van der Waals surface area contributed by atoms with Crippen LogP contribution in [0.1, 0.15) is 17.2 Å². The number of hydrogen-bond acceptors (Lipinski definition) is 3. The van der Waals surface area contributed by atoms with Gasteiger partial charge in [-0.2, -0.15) is 0 Å². The average molecular weight is 213 g/mol. The van der Waals surface area contributed by atoms with Crippen LogP contribution in [0.3, 0.4) is 0 Å². The molecule has 0 saturated carbocycles. The molecule has 1 aromatic carbocycles. The van der Waals surface area contributed by atoms with Gasteiger partial charge in [0.2, 0.25) is 0 Å². The minimum Gasteiger partial charge on any atom is -0.330 e. The molecule has 1 aromatic rings. The van der Waals surface area contributed by atoms with Gasteiger partial charge in [0.15, 0.2) is 9.84 Å². The zero-order chi connectivity index (χ0) is 10.6. The summed E-state index contributed by atoms with van der Waals surface area (Å²) in [6.45, 7) is 0.382. The van der Waals surface area contributed by atoms with Gasteiger partial charge in [-0.1, -0.05) is 30.3 Å². The highest BCUT2D eigenvalue weighted by Gasteiger charge is 2.21. The van der Waals surface area contributed by atoms with Gasteiger partial charge >= 0.3 is 0 Å². The van der Waals surface area contributed by atoms with E-state index in [-0.39, 0.29) is 0 Å². The van der Waals surface area contributed by atoms with Crippen molar-refractivity contribution >= 4 is 9.84 Å². The monoisotopic (exact) mass is 213 g/mol. The summed E-state index contributed by atoms with van der Waals surface area (Å²) in [4.78, 5) is 0. The average Bonchev–Trinajstić information content (AvgIpc) is 2.14. The predicted octanol–water partition coefficient (Wildman–Crippen LogP) is 1.12. The van der Waals surface area contributed by atoms with Gasteiger partial charge in [0.05, 0.1) is 5.25 Å². The third-order valence-corrected chi connectivity index (χ3v) is 3.66. The highest BCUT2D eigenvalue weighted by atomic mass is 32.2. The number of sulfone groups is 1. The lowest BCUT2D eigenvalue weighted by molar-refractivity contribution is 0.582. The maximum Gasteiger partial charge on any atom is 0.154 e. The van der Waals surface area contributed by atoms with E-state index < -0.39 is 15.1 Å². The Morgan fingerprint density at radius 3 is 2.29 bits per heavy atom. The van der Waals surface area contributed by atoms with E-state index in [0.717, 1.165) is 5.56 Å². The molecule has 0 heterocycles. The molecular weight excluding hydrogens is 198 g/mol. The van der Waals surface area contributed by atoms with Crippen LogP contribution < -0.4 is 5.73 Å². The second-order valence-electron chi connectivity index (χ2n) is 3.31. The lowest BCUT2D eigenvalue weighted by Gasteiger charge is -2.13. The first-order valence-electron chi connectivity index (χ1n) is 4.49. The maximum absolute atomic E-state index is 11.5. The molecule has 0 fully saturated rings. The fourth-order valence-electron chi connectivity index (χ4n) is 1.45. The summed E-state index contributed by atoms with van der Waals surface area (Å²) in [5.41, 5.74) is 6.22. The predicted molar refractivity (Wildman–Crippen MR) is 57.7 cm³/mol. The molecule has 1 atom stereocenters. The second-order valence-corrected chi connectivity index (χ2v) is 5.53. The minimum atomic E-state index is -3.06. The Morgan fingerprint density at radius 2 is 1.86 bits per heavy atom. The molecule has 0 aliphatic rings. The molecule has 4 heteroatoms. The van der Waals surface area contributed by atoms with Crippen molar-refractivity contribution in [3.8, 4) is 0 Å². The highest BCUT2D eigenvalue weighted by Crippen LogP contribution is 2.24. The second kappa shape index (κ2) is 4.57. The van der Waals surface area contributed by atoms with Crippen LogP contribution in [0, 0.1) is 0 Å². The Balaban J connectivity index is 3.02. The van der Waals surface area contributed by atoms with E-state index in [4.69, 9.17) is 5.73 Å². The Kier molecular flexibility index (Phi) is 3.66. The third kappa shape index (κ3) is 2.82. The molecule has 0 amide bonds. The summed E-state index contributed by atoms with van der Waals surface area (Å²) in [5.74, 6) is 0. The van der Waals surface area contributed by atoms with Crippen molar-refractivity contribution < 1.29 is 8.42 Å². The smallest absolute Gasteiger partial charge is 0.154 e. The van der Waals surface area contributed by atoms with Crippen molar-refractivity contribution in [3.63, 3.8) is 0 Å². The van der Waals surface area contributed by atoms with Crippen molar-refractivity contribution in [1.82, 2.24) is 0 Å². The van der Waals surface area contributed by atoms with Gasteiger partial charge in [0, 0.05) is 6.26 Å². The number of benzene rings is 1. The first kappa shape index (κ1) is 11.2. The van der Waals surface area contributed by atoms with Gasteiger partial charge < -0.3 is 5.73 Å². The first-order valence-corrected chi connectivity index (χ1v) is 6.45. The molecule has 0 bridgehead atoms. The van der Waals surface area contributed by atoms with Gasteiger partial charge in [-0.15, -0.1) is 0 Å². The zero-order valence-electron chi connectivity index (χ0n) is 8.18. The van der Waals surface area contributed by atoms with Crippen LogP contribution in [-0.4, -0.2) is 21.2 Å². The molecule has 78 valence electrons. The van der Waals surface area contributed by atoms with Crippen LogP contribution in [0.4, 0.5) is 0 Å². The standard InChI is InChI=1S/C10H15NO2S/c1-14(12,13)10(7-8-11)9-5-3-2-4-6-9/h2-6,10H,7-8,11H2,1H3. The van der Waals surface area contributed by atoms with Gasteiger partial charge in [-0.3, -0.25) is 0 Å². The highest BCUT2D eigenvalue weighted by molar-refractivity contribution is 7.90. The van der Waals surface area contributed by atoms with Gasteiger partial charge in [-0.05, 0) is 18.5 Å². The Bertz CT molecular complexity index is 372. The third-order valence-electron chi connectivity index (χ3n) is 2.12. The SMILES string of the molecule is CS(=O)(=O)C(CCN)c1ccccc1. The number of hydrogen-bond donors (Lipinski definition) is 1. The molecule has 0 aromatic heterocycles. The van der Waals surface area contributed by atoms with Gasteiger partial charge in [0.25, 0.3) is 0 Å². The van der Waals surface area contributed by atoms with Crippen LogP contribution in [0.15, 0.2) is 30.3 Å². The molecule has 2 N–H and O–H groups in total.